The van der Waals surface area contributed by atoms with Crippen molar-refractivity contribution >= 4 is 5.82 Å². The first-order valence-electron chi connectivity index (χ1n) is 13.3. The molecule has 3 aromatic rings. The highest BCUT2D eigenvalue weighted by molar-refractivity contribution is 5.63. The molecule has 0 bridgehead atoms. The number of ether oxygens (including phenoxy) is 1. The first-order valence-corrected chi connectivity index (χ1v) is 13.3. The second-order valence-electron chi connectivity index (χ2n) is 11.1. The molecular formula is C28H37N7O. The molecule has 8 heteroatoms. The van der Waals surface area contributed by atoms with E-state index in [2.05, 4.69) is 69.0 Å². The maximum Gasteiger partial charge on any atom is 0.263 e. The molecule has 1 spiro atoms. The summed E-state index contributed by atoms with van der Waals surface area (Å²) >= 11 is 0. The Bertz CT molecular complexity index is 1240. The fraction of sp³-hybridized carbons (Fsp3) is 0.536. The summed E-state index contributed by atoms with van der Waals surface area (Å²) in [5, 5.41) is 7.91. The molecule has 8 nitrogen and oxygen atoms in total. The molecule has 190 valence electrons. The second kappa shape index (κ2) is 9.16. The SMILES string of the molecule is CCNc1ncc(-c2ccc3c(c2)CN(C)CC3C)nc1Oc1cnn(C2CC3(C2)CN(CC)C3)c1. The molecule has 6 rings (SSSR count). The molecular weight excluding hydrogens is 450 g/mol. The topological polar surface area (TPSA) is 71.3 Å². The summed E-state index contributed by atoms with van der Waals surface area (Å²) in [7, 11) is 2.18. The van der Waals surface area contributed by atoms with E-state index in [0.717, 1.165) is 37.4 Å². The van der Waals surface area contributed by atoms with Gasteiger partial charge < -0.3 is 19.9 Å². The van der Waals surface area contributed by atoms with Gasteiger partial charge in [-0.15, -0.1) is 0 Å². The van der Waals surface area contributed by atoms with E-state index in [1.807, 2.05) is 19.3 Å². The number of hydrogen-bond acceptors (Lipinski definition) is 7. The molecule has 1 aromatic carbocycles. The number of nitrogens with one attached hydrogen (secondary N) is 1. The van der Waals surface area contributed by atoms with Gasteiger partial charge in [0, 0.05) is 38.3 Å². The number of likely N-dealkylation sites (tertiary alicyclic amines) is 1. The lowest BCUT2D eigenvalue weighted by atomic mass is 9.60. The lowest BCUT2D eigenvalue weighted by Crippen LogP contribution is -2.62. The molecule has 1 aliphatic carbocycles. The predicted molar refractivity (Wildman–Crippen MR) is 141 cm³/mol. The van der Waals surface area contributed by atoms with Crippen molar-refractivity contribution in [1.29, 1.82) is 0 Å². The van der Waals surface area contributed by atoms with Crippen molar-refractivity contribution in [3.8, 4) is 22.9 Å². The van der Waals surface area contributed by atoms with E-state index < -0.39 is 0 Å². The van der Waals surface area contributed by atoms with Crippen LogP contribution >= 0.6 is 0 Å². The third-order valence-corrected chi connectivity index (χ3v) is 8.15. The van der Waals surface area contributed by atoms with Crippen molar-refractivity contribution in [2.24, 2.45) is 5.41 Å². The van der Waals surface area contributed by atoms with E-state index in [0.29, 0.717) is 34.8 Å². The highest BCUT2D eigenvalue weighted by Gasteiger charge is 2.52. The Balaban J connectivity index is 1.21. The van der Waals surface area contributed by atoms with Crippen molar-refractivity contribution in [3.63, 3.8) is 0 Å². The maximum atomic E-state index is 6.26. The van der Waals surface area contributed by atoms with E-state index in [1.54, 1.807) is 6.20 Å². The van der Waals surface area contributed by atoms with Crippen molar-refractivity contribution in [3.05, 3.63) is 47.9 Å². The Morgan fingerprint density at radius 3 is 2.78 bits per heavy atom. The van der Waals surface area contributed by atoms with E-state index in [4.69, 9.17) is 9.72 Å². The van der Waals surface area contributed by atoms with E-state index in [1.165, 1.54) is 37.1 Å². The van der Waals surface area contributed by atoms with Crippen LogP contribution in [0.5, 0.6) is 11.6 Å². The molecule has 0 radical (unpaired) electrons. The lowest BCUT2D eigenvalue weighted by Gasteiger charge is -2.59. The summed E-state index contributed by atoms with van der Waals surface area (Å²) in [6.07, 6.45) is 8.04. The van der Waals surface area contributed by atoms with Crippen LogP contribution in [-0.2, 0) is 6.54 Å². The van der Waals surface area contributed by atoms with Crippen LogP contribution in [0.4, 0.5) is 5.82 Å². The average molecular weight is 488 g/mol. The first kappa shape index (κ1) is 23.4. The number of likely N-dealkylation sites (N-methyl/N-ethyl adjacent to an activating group) is 1. The second-order valence-corrected chi connectivity index (χ2v) is 11.1. The molecule has 2 fully saturated rings. The van der Waals surface area contributed by atoms with E-state index >= 15 is 0 Å². The molecule has 3 aliphatic rings. The Labute approximate surface area is 213 Å². The third kappa shape index (κ3) is 4.26. The number of fused-ring (bicyclic) bond motifs is 1. The van der Waals surface area contributed by atoms with E-state index in [-0.39, 0.29) is 0 Å². The van der Waals surface area contributed by atoms with Gasteiger partial charge in [-0.3, -0.25) is 4.68 Å². The predicted octanol–water partition coefficient (Wildman–Crippen LogP) is 4.77. The molecule has 1 saturated carbocycles. The van der Waals surface area contributed by atoms with Crippen LogP contribution in [0.1, 0.15) is 56.7 Å². The summed E-state index contributed by atoms with van der Waals surface area (Å²) in [5.41, 5.74) is 5.19. The van der Waals surface area contributed by atoms with E-state index in [9.17, 15) is 0 Å². The minimum Gasteiger partial charge on any atom is -0.433 e. The Morgan fingerprint density at radius 1 is 1.17 bits per heavy atom. The smallest absolute Gasteiger partial charge is 0.263 e. The number of hydrogen-bond donors (Lipinski definition) is 1. The number of aromatic nitrogens is 4. The Kier molecular flexibility index (Phi) is 5.96. The van der Waals surface area contributed by atoms with Gasteiger partial charge in [0.1, 0.15) is 0 Å². The van der Waals surface area contributed by atoms with Crippen molar-refractivity contribution in [1.82, 2.24) is 29.5 Å². The number of anilines is 1. The van der Waals surface area contributed by atoms with Crippen LogP contribution in [0.2, 0.25) is 0 Å². The molecule has 1 saturated heterocycles. The van der Waals surface area contributed by atoms with Crippen LogP contribution in [0, 0.1) is 5.41 Å². The average Bonchev–Trinajstić information content (AvgIpc) is 3.26. The normalized spacial score (nSPS) is 21.6. The highest BCUT2D eigenvalue weighted by Crippen LogP contribution is 2.54. The third-order valence-electron chi connectivity index (χ3n) is 8.15. The number of nitrogens with zero attached hydrogens (tertiary/aromatic N) is 6. The van der Waals surface area contributed by atoms with Crippen molar-refractivity contribution in [2.45, 2.75) is 52.1 Å². The summed E-state index contributed by atoms with van der Waals surface area (Å²) in [4.78, 5) is 14.4. The minimum atomic E-state index is 0.461. The molecule has 2 aromatic heterocycles. The monoisotopic (exact) mass is 487 g/mol. The summed E-state index contributed by atoms with van der Waals surface area (Å²) in [5.74, 6) is 2.37. The molecule has 36 heavy (non-hydrogen) atoms. The maximum absolute atomic E-state index is 6.26. The largest absolute Gasteiger partial charge is 0.433 e. The van der Waals surface area contributed by atoms with Crippen LogP contribution in [0.3, 0.4) is 0 Å². The minimum absolute atomic E-state index is 0.461. The summed E-state index contributed by atoms with van der Waals surface area (Å²) in [6, 6.07) is 7.13. The highest BCUT2D eigenvalue weighted by atomic mass is 16.5. The molecule has 2 aliphatic heterocycles. The standard InChI is InChI=1S/C28H37N7O/c1-5-29-26-27(36-23-12-31-35(16-23)22-10-28(11-22)17-34(6-2)18-28)32-25(13-30-26)20-7-8-24-19(3)14-33(4)15-21(24)9-20/h7-9,12-13,16,19,22H,5-6,10-11,14-15,17-18H2,1-4H3,(H,29,30). The molecule has 1 unspecified atom stereocenters. The summed E-state index contributed by atoms with van der Waals surface area (Å²) in [6.45, 7) is 13.0. The Morgan fingerprint density at radius 2 is 2.00 bits per heavy atom. The molecule has 1 atom stereocenters. The van der Waals surface area contributed by atoms with Gasteiger partial charge in [0.15, 0.2) is 11.6 Å². The summed E-state index contributed by atoms with van der Waals surface area (Å²) < 4.78 is 8.33. The van der Waals surface area contributed by atoms with Crippen LogP contribution in [0.15, 0.2) is 36.8 Å². The van der Waals surface area contributed by atoms with Gasteiger partial charge in [-0.25, -0.2) is 9.97 Å². The molecule has 1 N–H and O–H groups in total. The fourth-order valence-electron chi connectivity index (χ4n) is 6.37. The van der Waals surface area contributed by atoms with Gasteiger partial charge in [0.05, 0.1) is 30.3 Å². The molecule has 0 amide bonds. The Hall–Kier alpha value is -2.97. The lowest BCUT2D eigenvalue weighted by molar-refractivity contribution is -0.0887. The quantitative estimate of drug-likeness (QED) is 0.515. The molecule has 4 heterocycles. The van der Waals surface area contributed by atoms with Gasteiger partial charge in [-0.2, -0.15) is 5.10 Å². The fourth-order valence-corrected chi connectivity index (χ4v) is 6.37. The van der Waals surface area contributed by atoms with Crippen LogP contribution in [0.25, 0.3) is 11.3 Å². The van der Waals surface area contributed by atoms with Gasteiger partial charge >= 0.3 is 0 Å². The van der Waals surface area contributed by atoms with Crippen LogP contribution < -0.4 is 10.1 Å². The van der Waals surface area contributed by atoms with Crippen molar-refractivity contribution in [2.75, 3.05) is 45.1 Å². The first-order chi connectivity index (χ1) is 17.4. The zero-order valence-corrected chi connectivity index (χ0v) is 21.9. The number of benzene rings is 1. The van der Waals surface area contributed by atoms with Gasteiger partial charge in [-0.05, 0) is 61.9 Å². The zero-order valence-electron chi connectivity index (χ0n) is 21.9. The van der Waals surface area contributed by atoms with Gasteiger partial charge in [0.2, 0.25) is 0 Å². The van der Waals surface area contributed by atoms with Crippen molar-refractivity contribution < 1.29 is 4.74 Å². The van der Waals surface area contributed by atoms with Crippen LogP contribution in [-0.4, -0.2) is 69.3 Å². The van der Waals surface area contributed by atoms with Gasteiger partial charge in [0.25, 0.3) is 5.88 Å². The van der Waals surface area contributed by atoms with Gasteiger partial charge in [-0.1, -0.05) is 26.0 Å². The number of rotatable bonds is 7. The zero-order chi connectivity index (χ0) is 24.9.